The highest BCUT2D eigenvalue weighted by atomic mass is 32.2. The van der Waals surface area contributed by atoms with Crippen LogP contribution < -0.4 is 10.6 Å². The molecular weight excluding hydrogens is 280 g/mol. The molecule has 0 aromatic heterocycles. The van der Waals surface area contributed by atoms with Gasteiger partial charge in [0.05, 0.1) is 5.56 Å². The molecule has 1 aromatic rings. The number of hydrogen-bond donors (Lipinski definition) is 2. The lowest BCUT2D eigenvalue weighted by Crippen LogP contribution is -2.41. The summed E-state index contributed by atoms with van der Waals surface area (Å²) in [7, 11) is 0. The fourth-order valence-corrected chi connectivity index (χ4v) is 1.72. The zero-order chi connectivity index (χ0) is 15.0. The molecule has 0 aliphatic carbocycles. The summed E-state index contributed by atoms with van der Waals surface area (Å²) in [4.78, 5) is 35.0. The molecule has 0 unspecified atom stereocenters. The maximum absolute atomic E-state index is 11.7. The molecule has 0 aliphatic heterocycles. The SMILES string of the molecule is CCNC(=O)NC(=O)COC(=O)c1ccc(SC)cc1. The summed E-state index contributed by atoms with van der Waals surface area (Å²) in [5.74, 6) is -1.28. The van der Waals surface area contributed by atoms with Crippen LogP contribution in [0.2, 0.25) is 0 Å². The van der Waals surface area contributed by atoms with E-state index in [1.165, 1.54) is 0 Å². The number of imide groups is 1. The molecule has 6 nitrogen and oxygen atoms in total. The highest BCUT2D eigenvalue weighted by molar-refractivity contribution is 7.98. The van der Waals surface area contributed by atoms with Crippen molar-refractivity contribution >= 4 is 29.7 Å². The molecule has 20 heavy (non-hydrogen) atoms. The van der Waals surface area contributed by atoms with E-state index in [0.717, 1.165) is 4.90 Å². The molecule has 0 spiro atoms. The van der Waals surface area contributed by atoms with Crippen molar-refractivity contribution in [1.29, 1.82) is 0 Å². The second kappa shape index (κ2) is 8.21. The molecule has 3 amide bonds. The molecule has 0 bridgehead atoms. The Bertz CT molecular complexity index is 488. The van der Waals surface area contributed by atoms with Crippen molar-refractivity contribution < 1.29 is 19.1 Å². The van der Waals surface area contributed by atoms with E-state index in [1.807, 2.05) is 11.6 Å². The minimum Gasteiger partial charge on any atom is -0.452 e. The first-order valence-electron chi connectivity index (χ1n) is 5.95. The van der Waals surface area contributed by atoms with E-state index in [9.17, 15) is 14.4 Å². The van der Waals surface area contributed by atoms with Gasteiger partial charge in [0.25, 0.3) is 5.91 Å². The van der Waals surface area contributed by atoms with Crippen molar-refractivity contribution in [3.63, 3.8) is 0 Å². The first-order valence-corrected chi connectivity index (χ1v) is 7.18. The first-order chi connectivity index (χ1) is 9.56. The Balaban J connectivity index is 2.42. The van der Waals surface area contributed by atoms with Crippen molar-refractivity contribution in [3.8, 4) is 0 Å². The third-order valence-corrected chi connectivity index (χ3v) is 2.99. The van der Waals surface area contributed by atoms with Gasteiger partial charge in [-0.05, 0) is 37.4 Å². The number of rotatable bonds is 5. The normalized spacial score (nSPS) is 9.70. The Morgan fingerprint density at radius 3 is 2.40 bits per heavy atom. The van der Waals surface area contributed by atoms with Crippen LogP contribution in [0.1, 0.15) is 17.3 Å². The van der Waals surface area contributed by atoms with Crippen LogP contribution in [-0.4, -0.2) is 37.3 Å². The monoisotopic (exact) mass is 296 g/mol. The number of benzene rings is 1. The molecule has 0 radical (unpaired) electrons. The summed E-state index contributed by atoms with van der Waals surface area (Å²) in [6.45, 7) is 1.63. The number of hydrogen-bond acceptors (Lipinski definition) is 5. The van der Waals surface area contributed by atoms with Crippen molar-refractivity contribution in [2.75, 3.05) is 19.4 Å². The minimum atomic E-state index is -0.676. The van der Waals surface area contributed by atoms with Crippen LogP contribution in [0.3, 0.4) is 0 Å². The van der Waals surface area contributed by atoms with Crippen LogP contribution in [-0.2, 0) is 9.53 Å². The van der Waals surface area contributed by atoms with Gasteiger partial charge in [0, 0.05) is 11.4 Å². The van der Waals surface area contributed by atoms with E-state index in [0.29, 0.717) is 12.1 Å². The average molecular weight is 296 g/mol. The van der Waals surface area contributed by atoms with Gasteiger partial charge in [-0.25, -0.2) is 9.59 Å². The maximum Gasteiger partial charge on any atom is 0.338 e. The summed E-state index contributed by atoms with van der Waals surface area (Å²) < 4.78 is 4.80. The number of carbonyl (C=O) groups is 3. The lowest BCUT2D eigenvalue weighted by atomic mass is 10.2. The summed E-state index contributed by atoms with van der Waals surface area (Å²) in [6, 6.07) is 6.20. The first kappa shape index (κ1) is 16.0. The van der Waals surface area contributed by atoms with Gasteiger partial charge in [-0.15, -0.1) is 11.8 Å². The Morgan fingerprint density at radius 2 is 1.85 bits per heavy atom. The molecule has 1 aromatic carbocycles. The highest BCUT2D eigenvalue weighted by Crippen LogP contribution is 2.15. The number of esters is 1. The molecule has 0 saturated carbocycles. The molecule has 1 rings (SSSR count). The zero-order valence-electron chi connectivity index (χ0n) is 11.3. The molecule has 2 N–H and O–H groups in total. The van der Waals surface area contributed by atoms with Crippen LogP contribution in [0.15, 0.2) is 29.2 Å². The lowest BCUT2D eigenvalue weighted by Gasteiger charge is -2.06. The van der Waals surface area contributed by atoms with E-state index in [2.05, 4.69) is 5.32 Å². The van der Waals surface area contributed by atoms with Crippen molar-refractivity contribution in [1.82, 2.24) is 10.6 Å². The zero-order valence-corrected chi connectivity index (χ0v) is 12.1. The van der Waals surface area contributed by atoms with Crippen LogP contribution in [0.25, 0.3) is 0 Å². The van der Waals surface area contributed by atoms with Crippen LogP contribution in [0.4, 0.5) is 4.79 Å². The summed E-state index contributed by atoms with van der Waals surface area (Å²) in [5.41, 5.74) is 0.355. The smallest absolute Gasteiger partial charge is 0.338 e. The Labute approximate surface area is 121 Å². The number of thioether (sulfide) groups is 1. The standard InChI is InChI=1S/C13H16N2O4S/c1-3-14-13(18)15-11(16)8-19-12(17)9-4-6-10(20-2)7-5-9/h4-7H,3,8H2,1-2H3,(H2,14,15,16,18). The molecule has 0 heterocycles. The average Bonchev–Trinajstić information content (AvgIpc) is 2.45. The third-order valence-electron chi connectivity index (χ3n) is 2.25. The van der Waals surface area contributed by atoms with Gasteiger partial charge in [0.1, 0.15) is 0 Å². The van der Waals surface area contributed by atoms with Gasteiger partial charge in [0.2, 0.25) is 0 Å². The quantitative estimate of drug-likeness (QED) is 0.634. The fourth-order valence-electron chi connectivity index (χ4n) is 1.31. The topological polar surface area (TPSA) is 84.5 Å². The van der Waals surface area contributed by atoms with Crippen LogP contribution in [0.5, 0.6) is 0 Å². The Hall–Kier alpha value is -2.02. The predicted octanol–water partition coefficient (Wildman–Crippen LogP) is 1.41. The van der Waals surface area contributed by atoms with E-state index in [1.54, 1.807) is 43.0 Å². The number of nitrogens with one attached hydrogen (secondary N) is 2. The molecule has 7 heteroatoms. The fraction of sp³-hybridized carbons (Fsp3) is 0.308. The summed E-state index contributed by atoms with van der Waals surface area (Å²) >= 11 is 1.56. The van der Waals surface area contributed by atoms with E-state index >= 15 is 0 Å². The molecule has 108 valence electrons. The molecule has 0 aliphatic rings. The molecule has 0 atom stereocenters. The number of urea groups is 1. The number of amides is 3. The third kappa shape index (κ3) is 5.31. The molecule has 0 fully saturated rings. The van der Waals surface area contributed by atoms with Crippen LogP contribution in [0, 0.1) is 0 Å². The summed E-state index contributed by atoms with van der Waals surface area (Å²) in [6.07, 6.45) is 1.93. The minimum absolute atomic E-state index is 0.355. The van der Waals surface area contributed by atoms with E-state index in [4.69, 9.17) is 4.74 Å². The second-order valence-electron chi connectivity index (χ2n) is 3.71. The van der Waals surface area contributed by atoms with Gasteiger partial charge >= 0.3 is 12.0 Å². The highest BCUT2D eigenvalue weighted by Gasteiger charge is 2.11. The summed E-state index contributed by atoms with van der Waals surface area (Å²) in [5, 5.41) is 4.43. The number of ether oxygens (including phenoxy) is 1. The largest absolute Gasteiger partial charge is 0.452 e. The number of carbonyl (C=O) groups excluding carboxylic acids is 3. The maximum atomic E-state index is 11.7. The van der Waals surface area contributed by atoms with Crippen molar-refractivity contribution in [2.45, 2.75) is 11.8 Å². The lowest BCUT2D eigenvalue weighted by molar-refractivity contribution is -0.123. The van der Waals surface area contributed by atoms with Gasteiger partial charge in [-0.2, -0.15) is 0 Å². The Morgan fingerprint density at radius 1 is 1.20 bits per heavy atom. The van der Waals surface area contributed by atoms with Crippen LogP contribution >= 0.6 is 11.8 Å². The van der Waals surface area contributed by atoms with Crippen molar-refractivity contribution in [2.24, 2.45) is 0 Å². The van der Waals surface area contributed by atoms with E-state index in [-0.39, 0.29) is 0 Å². The van der Waals surface area contributed by atoms with Gasteiger partial charge in [0.15, 0.2) is 6.61 Å². The second-order valence-corrected chi connectivity index (χ2v) is 4.59. The molecule has 0 saturated heterocycles. The molecular formula is C13H16N2O4S. The van der Waals surface area contributed by atoms with Gasteiger partial charge < -0.3 is 10.1 Å². The van der Waals surface area contributed by atoms with Crippen molar-refractivity contribution in [3.05, 3.63) is 29.8 Å². The van der Waals surface area contributed by atoms with Gasteiger partial charge in [-0.3, -0.25) is 10.1 Å². The predicted molar refractivity (Wildman–Crippen MR) is 75.7 cm³/mol. The Kier molecular flexibility index (Phi) is 6.58. The van der Waals surface area contributed by atoms with Gasteiger partial charge in [-0.1, -0.05) is 0 Å². The van der Waals surface area contributed by atoms with E-state index < -0.39 is 24.5 Å².